The van der Waals surface area contributed by atoms with Crippen molar-refractivity contribution in [2.24, 2.45) is 0 Å². The van der Waals surface area contributed by atoms with Gasteiger partial charge in [0, 0.05) is 24.2 Å². The maximum atomic E-state index is 13.9. The Hall–Kier alpha value is -3.36. The molecule has 7 nitrogen and oxygen atoms in total. The summed E-state index contributed by atoms with van der Waals surface area (Å²) in [4.78, 5) is 44.0. The highest BCUT2D eigenvalue weighted by molar-refractivity contribution is 6.11. The number of amides is 1. The molecule has 0 spiro atoms. The zero-order chi connectivity index (χ0) is 20.0. The molecule has 1 aliphatic carbocycles. The summed E-state index contributed by atoms with van der Waals surface area (Å²) in [6.07, 6.45) is 1.79. The van der Waals surface area contributed by atoms with Gasteiger partial charge in [0.1, 0.15) is 11.6 Å². The topological polar surface area (TPSA) is 96.9 Å². The minimum atomic E-state index is -0.937. The Morgan fingerprint density at radius 3 is 2.68 bits per heavy atom. The third kappa shape index (κ3) is 3.08. The Kier molecular flexibility index (Phi) is 4.29. The number of rotatable bonds is 4. The Bertz CT molecular complexity index is 1230. The van der Waals surface area contributed by atoms with E-state index in [1.165, 1.54) is 10.6 Å². The van der Waals surface area contributed by atoms with Crippen molar-refractivity contribution in [3.8, 4) is 0 Å². The summed E-state index contributed by atoms with van der Waals surface area (Å²) in [6, 6.07) is 4.26. The molecule has 2 heterocycles. The third-order valence-corrected chi connectivity index (χ3v) is 4.70. The van der Waals surface area contributed by atoms with Crippen LogP contribution < -0.4 is 16.6 Å². The van der Waals surface area contributed by atoms with Crippen molar-refractivity contribution in [1.82, 2.24) is 14.5 Å². The second kappa shape index (κ2) is 6.66. The predicted octanol–water partition coefficient (Wildman–Crippen LogP) is 2.51. The van der Waals surface area contributed by atoms with Gasteiger partial charge in [0.05, 0.1) is 16.6 Å². The van der Waals surface area contributed by atoms with Crippen LogP contribution in [0.4, 0.5) is 14.5 Å². The summed E-state index contributed by atoms with van der Waals surface area (Å²) in [7, 11) is 0. The molecule has 3 aromatic rings. The van der Waals surface area contributed by atoms with Crippen molar-refractivity contribution < 1.29 is 13.6 Å². The first-order chi connectivity index (χ1) is 13.4. The van der Waals surface area contributed by atoms with Crippen LogP contribution in [0.25, 0.3) is 11.0 Å². The molecule has 0 unspecified atom stereocenters. The fourth-order valence-electron chi connectivity index (χ4n) is 3.13. The molecule has 1 amide bonds. The van der Waals surface area contributed by atoms with Crippen LogP contribution in [0.3, 0.4) is 0 Å². The highest BCUT2D eigenvalue weighted by Gasteiger charge is 2.28. The number of nitrogens with zero attached hydrogens (tertiary/aromatic N) is 2. The fourth-order valence-corrected chi connectivity index (χ4v) is 3.13. The Labute approximate surface area is 157 Å². The van der Waals surface area contributed by atoms with Crippen LogP contribution >= 0.6 is 0 Å². The van der Waals surface area contributed by atoms with E-state index in [9.17, 15) is 23.2 Å². The number of carbonyl (C=O) groups is 1. The zero-order valence-electron chi connectivity index (χ0n) is 14.9. The summed E-state index contributed by atoms with van der Waals surface area (Å²) in [6.45, 7) is 1.97. The van der Waals surface area contributed by atoms with E-state index in [-0.39, 0.29) is 34.7 Å². The number of carbonyl (C=O) groups excluding carboxylic acids is 1. The number of fused-ring (bicyclic) bond motifs is 1. The highest BCUT2D eigenvalue weighted by Crippen LogP contribution is 2.40. The van der Waals surface area contributed by atoms with E-state index in [1.807, 2.05) is 0 Å². The fraction of sp³-hybridized carbons (Fsp3) is 0.263. The SMILES string of the molecule is CCn1c(=O)[nH]c(=O)c2c(C(=O)Nc3ccc(F)cc3F)cc(C3CC3)nc21. The van der Waals surface area contributed by atoms with Gasteiger partial charge in [0.25, 0.3) is 11.5 Å². The molecule has 0 atom stereocenters. The van der Waals surface area contributed by atoms with Crippen LogP contribution in [-0.2, 0) is 6.54 Å². The number of aryl methyl sites for hydroxylation is 1. The van der Waals surface area contributed by atoms with Crippen molar-refractivity contribution in [2.45, 2.75) is 32.2 Å². The van der Waals surface area contributed by atoms with Crippen molar-refractivity contribution in [3.63, 3.8) is 0 Å². The molecular weight excluding hydrogens is 370 g/mol. The number of halogens is 2. The molecule has 9 heteroatoms. The number of H-pyrrole nitrogens is 1. The quantitative estimate of drug-likeness (QED) is 0.720. The first-order valence-electron chi connectivity index (χ1n) is 8.83. The Balaban J connectivity index is 1.91. The number of hydrogen-bond acceptors (Lipinski definition) is 4. The first kappa shape index (κ1) is 18.0. The number of aromatic nitrogens is 3. The summed E-state index contributed by atoms with van der Waals surface area (Å²) in [5.41, 5.74) is -0.876. The van der Waals surface area contributed by atoms with Crippen LogP contribution in [0.1, 0.15) is 41.7 Å². The van der Waals surface area contributed by atoms with Gasteiger partial charge in [-0.2, -0.15) is 0 Å². The van der Waals surface area contributed by atoms with Gasteiger partial charge in [0.2, 0.25) is 0 Å². The van der Waals surface area contributed by atoms with E-state index in [4.69, 9.17) is 0 Å². The van der Waals surface area contributed by atoms with E-state index in [1.54, 1.807) is 6.92 Å². The van der Waals surface area contributed by atoms with E-state index >= 15 is 0 Å². The van der Waals surface area contributed by atoms with Crippen LogP contribution in [-0.4, -0.2) is 20.4 Å². The number of aromatic amines is 1. The monoisotopic (exact) mass is 386 g/mol. The van der Waals surface area contributed by atoms with Gasteiger partial charge < -0.3 is 5.32 Å². The van der Waals surface area contributed by atoms with E-state index < -0.39 is 28.8 Å². The van der Waals surface area contributed by atoms with Crippen molar-refractivity contribution in [2.75, 3.05) is 5.32 Å². The highest BCUT2D eigenvalue weighted by atomic mass is 19.1. The Morgan fingerprint density at radius 2 is 2.04 bits per heavy atom. The molecule has 0 bridgehead atoms. The van der Waals surface area contributed by atoms with Crippen LogP contribution in [0.2, 0.25) is 0 Å². The summed E-state index contributed by atoms with van der Waals surface area (Å²) >= 11 is 0. The van der Waals surface area contributed by atoms with Gasteiger partial charge in [-0.3, -0.25) is 19.1 Å². The molecule has 0 saturated heterocycles. The van der Waals surface area contributed by atoms with Crippen molar-refractivity contribution in [1.29, 1.82) is 0 Å². The molecule has 28 heavy (non-hydrogen) atoms. The van der Waals surface area contributed by atoms with Gasteiger partial charge in [0.15, 0.2) is 5.65 Å². The molecule has 0 aliphatic heterocycles. The lowest BCUT2D eigenvalue weighted by Crippen LogP contribution is -2.32. The number of benzene rings is 1. The van der Waals surface area contributed by atoms with Crippen molar-refractivity contribution in [3.05, 3.63) is 68.0 Å². The molecule has 2 aromatic heterocycles. The molecule has 1 aliphatic rings. The van der Waals surface area contributed by atoms with E-state index in [0.29, 0.717) is 11.8 Å². The molecule has 4 rings (SSSR count). The van der Waals surface area contributed by atoms with Crippen LogP contribution in [0.5, 0.6) is 0 Å². The second-order valence-corrected chi connectivity index (χ2v) is 6.65. The Morgan fingerprint density at radius 1 is 1.29 bits per heavy atom. The van der Waals surface area contributed by atoms with Crippen LogP contribution in [0.15, 0.2) is 33.9 Å². The lowest BCUT2D eigenvalue weighted by atomic mass is 10.1. The minimum absolute atomic E-state index is 0.0147. The molecule has 1 aromatic carbocycles. The molecule has 0 radical (unpaired) electrons. The molecule has 2 N–H and O–H groups in total. The molecular formula is C19H16F2N4O3. The van der Waals surface area contributed by atoms with Gasteiger partial charge in [-0.1, -0.05) is 0 Å². The maximum absolute atomic E-state index is 13.9. The summed E-state index contributed by atoms with van der Waals surface area (Å²) in [5.74, 6) is -2.30. The summed E-state index contributed by atoms with van der Waals surface area (Å²) in [5, 5.41) is 2.31. The smallest absolute Gasteiger partial charge is 0.319 e. The second-order valence-electron chi connectivity index (χ2n) is 6.65. The maximum Gasteiger partial charge on any atom is 0.329 e. The molecule has 144 valence electrons. The van der Waals surface area contributed by atoms with E-state index in [0.717, 1.165) is 25.0 Å². The molecule has 1 fully saturated rings. The van der Waals surface area contributed by atoms with Gasteiger partial charge in [-0.25, -0.2) is 18.6 Å². The van der Waals surface area contributed by atoms with E-state index in [2.05, 4.69) is 15.3 Å². The number of pyridine rings is 1. The number of hydrogen-bond donors (Lipinski definition) is 2. The lowest BCUT2D eigenvalue weighted by molar-refractivity contribution is 0.102. The number of nitrogens with one attached hydrogen (secondary N) is 2. The van der Waals surface area contributed by atoms with Gasteiger partial charge >= 0.3 is 5.69 Å². The average molecular weight is 386 g/mol. The normalized spacial score (nSPS) is 13.7. The standard InChI is InChI=1S/C19H16F2N4O3/c1-2-25-16-15(18(27)24-19(25)28)11(8-14(22-16)9-3-4-9)17(26)23-13-6-5-10(20)7-12(13)21/h5-9H,2-4H2,1H3,(H,23,26)(H,24,27,28). The predicted molar refractivity (Wildman–Crippen MR) is 98.6 cm³/mol. The van der Waals surface area contributed by atoms with Gasteiger partial charge in [-0.15, -0.1) is 0 Å². The average Bonchev–Trinajstić information content (AvgIpc) is 3.48. The lowest BCUT2D eigenvalue weighted by Gasteiger charge is -2.13. The van der Waals surface area contributed by atoms with Gasteiger partial charge in [-0.05, 0) is 38.0 Å². The van der Waals surface area contributed by atoms with Crippen molar-refractivity contribution >= 4 is 22.6 Å². The number of anilines is 1. The van der Waals surface area contributed by atoms with Crippen LogP contribution in [0, 0.1) is 11.6 Å². The zero-order valence-corrected chi connectivity index (χ0v) is 14.9. The first-order valence-corrected chi connectivity index (χ1v) is 8.83. The minimum Gasteiger partial charge on any atom is -0.319 e. The summed E-state index contributed by atoms with van der Waals surface area (Å²) < 4.78 is 28.3. The largest absolute Gasteiger partial charge is 0.329 e. The molecule has 1 saturated carbocycles. The third-order valence-electron chi connectivity index (χ3n) is 4.70.